The van der Waals surface area contributed by atoms with E-state index in [4.69, 9.17) is 4.74 Å². The van der Waals surface area contributed by atoms with Gasteiger partial charge in [-0.2, -0.15) is 0 Å². The smallest absolute Gasteiger partial charge is 0.322 e. The average Bonchev–Trinajstić information content (AvgIpc) is 2.72. The number of nitrogens with zero attached hydrogens (tertiary/aromatic N) is 2. The van der Waals surface area contributed by atoms with Gasteiger partial charge in [-0.3, -0.25) is 0 Å². The molecule has 3 rings (SSSR count). The van der Waals surface area contributed by atoms with Crippen molar-refractivity contribution < 1.29 is 9.53 Å². The van der Waals surface area contributed by atoms with Crippen LogP contribution in [0.2, 0.25) is 0 Å². The first-order valence-electron chi connectivity index (χ1n) is 9.79. The van der Waals surface area contributed by atoms with E-state index in [1.807, 2.05) is 47.4 Å². The fourth-order valence-electron chi connectivity index (χ4n) is 3.47. The fourth-order valence-corrected chi connectivity index (χ4v) is 3.47. The number of piperidine rings is 1. The van der Waals surface area contributed by atoms with E-state index in [2.05, 4.69) is 36.0 Å². The van der Waals surface area contributed by atoms with E-state index in [1.165, 1.54) is 0 Å². The third-order valence-corrected chi connectivity index (χ3v) is 5.04. The minimum Gasteiger partial charge on any atom is -0.489 e. The molecule has 1 fully saturated rings. The number of hydrogen-bond acceptors (Lipinski definition) is 3. The molecular weight excluding hydrogens is 350 g/mol. The zero-order chi connectivity index (χ0) is 19.8. The number of hydrogen-bond donors (Lipinski definition) is 1. The van der Waals surface area contributed by atoms with Gasteiger partial charge in [-0.15, -0.1) is 0 Å². The molecule has 2 aromatic rings. The molecule has 0 aliphatic carbocycles. The van der Waals surface area contributed by atoms with Gasteiger partial charge in [0.05, 0.1) is 0 Å². The standard InChI is InChI=1S/C23H29N3O2/c1-3-16-28-22-11-7-10-20(17-22)24-23(27)26(18-19-8-5-4-6-9-19)21-12-14-25(2)15-13-21/h3-11,17,21H,1,12-16,18H2,2H3,(H,24,27). The van der Waals surface area contributed by atoms with Crippen molar-refractivity contribution in [1.29, 1.82) is 0 Å². The van der Waals surface area contributed by atoms with Crippen LogP contribution in [0.5, 0.6) is 5.75 Å². The van der Waals surface area contributed by atoms with E-state index in [9.17, 15) is 4.79 Å². The van der Waals surface area contributed by atoms with Crippen molar-refractivity contribution in [2.45, 2.75) is 25.4 Å². The number of anilines is 1. The van der Waals surface area contributed by atoms with Crippen LogP contribution in [0, 0.1) is 0 Å². The maximum atomic E-state index is 13.2. The van der Waals surface area contributed by atoms with E-state index < -0.39 is 0 Å². The van der Waals surface area contributed by atoms with Gasteiger partial charge in [0, 0.05) is 24.3 Å². The van der Waals surface area contributed by atoms with Crippen molar-refractivity contribution in [3.8, 4) is 5.75 Å². The van der Waals surface area contributed by atoms with Crippen LogP contribution in [0.4, 0.5) is 10.5 Å². The van der Waals surface area contributed by atoms with Gasteiger partial charge in [0.15, 0.2) is 0 Å². The Balaban J connectivity index is 1.73. The Morgan fingerprint density at radius 1 is 1.21 bits per heavy atom. The van der Waals surface area contributed by atoms with E-state index in [0.717, 1.165) is 37.2 Å². The first-order chi connectivity index (χ1) is 13.7. The minimum absolute atomic E-state index is 0.0701. The van der Waals surface area contributed by atoms with Gasteiger partial charge in [-0.1, -0.05) is 49.1 Å². The third kappa shape index (κ3) is 5.60. The lowest BCUT2D eigenvalue weighted by atomic mass is 10.0. The Morgan fingerprint density at radius 3 is 2.68 bits per heavy atom. The zero-order valence-electron chi connectivity index (χ0n) is 16.5. The maximum Gasteiger partial charge on any atom is 0.322 e. The molecule has 1 aliphatic rings. The number of likely N-dealkylation sites (tertiary alicyclic amines) is 1. The highest BCUT2D eigenvalue weighted by Crippen LogP contribution is 2.22. The number of ether oxygens (including phenoxy) is 1. The topological polar surface area (TPSA) is 44.8 Å². The van der Waals surface area contributed by atoms with Crippen LogP contribution in [-0.4, -0.2) is 48.6 Å². The molecule has 1 saturated heterocycles. The Kier molecular flexibility index (Phi) is 7.09. The molecule has 0 spiro atoms. The third-order valence-electron chi connectivity index (χ3n) is 5.04. The minimum atomic E-state index is -0.0701. The SMILES string of the molecule is C=CCOc1cccc(NC(=O)N(Cc2ccccc2)C2CCN(C)CC2)c1. The van der Waals surface area contributed by atoms with Crippen LogP contribution in [0.25, 0.3) is 0 Å². The summed E-state index contributed by atoms with van der Waals surface area (Å²) < 4.78 is 5.57. The molecule has 28 heavy (non-hydrogen) atoms. The number of nitrogens with one attached hydrogen (secondary N) is 1. The van der Waals surface area contributed by atoms with Crippen LogP contribution < -0.4 is 10.1 Å². The number of amides is 2. The van der Waals surface area contributed by atoms with Crippen LogP contribution in [-0.2, 0) is 6.54 Å². The van der Waals surface area contributed by atoms with Gasteiger partial charge in [0.1, 0.15) is 12.4 Å². The summed E-state index contributed by atoms with van der Waals surface area (Å²) in [5, 5.41) is 3.06. The van der Waals surface area contributed by atoms with Crippen LogP contribution in [0.1, 0.15) is 18.4 Å². The lowest BCUT2D eigenvalue weighted by Gasteiger charge is -2.37. The number of urea groups is 1. The molecule has 0 atom stereocenters. The maximum absolute atomic E-state index is 13.2. The number of carbonyl (C=O) groups excluding carboxylic acids is 1. The first-order valence-corrected chi connectivity index (χ1v) is 9.79. The lowest BCUT2D eigenvalue weighted by molar-refractivity contribution is 0.135. The molecule has 2 amide bonds. The van der Waals surface area contributed by atoms with Gasteiger partial charge in [-0.25, -0.2) is 4.79 Å². The second-order valence-electron chi connectivity index (χ2n) is 7.21. The molecule has 1 aliphatic heterocycles. The fraction of sp³-hybridized carbons (Fsp3) is 0.348. The van der Waals surface area contributed by atoms with E-state index in [1.54, 1.807) is 6.08 Å². The summed E-state index contributed by atoms with van der Waals surface area (Å²) in [6, 6.07) is 17.8. The molecule has 0 bridgehead atoms. The monoisotopic (exact) mass is 379 g/mol. The molecule has 0 radical (unpaired) electrons. The van der Waals surface area contributed by atoms with Crippen molar-refractivity contribution in [2.24, 2.45) is 0 Å². The number of carbonyl (C=O) groups is 1. The van der Waals surface area contributed by atoms with Crippen molar-refractivity contribution in [2.75, 3.05) is 32.1 Å². The van der Waals surface area contributed by atoms with Gasteiger partial charge < -0.3 is 19.9 Å². The van der Waals surface area contributed by atoms with Crippen LogP contribution in [0.15, 0.2) is 67.3 Å². The number of rotatable bonds is 7. The summed E-state index contributed by atoms with van der Waals surface area (Å²) in [7, 11) is 2.13. The largest absolute Gasteiger partial charge is 0.489 e. The van der Waals surface area contributed by atoms with Crippen molar-refractivity contribution in [3.05, 3.63) is 72.8 Å². The van der Waals surface area contributed by atoms with Gasteiger partial charge in [0.25, 0.3) is 0 Å². The van der Waals surface area contributed by atoms with Crippen molar-refractivity contribution >= 4 is 11.7 Å². The molecule has 148 valence electrons. The molecule has 1 N–H and O–H groups in total. The van der Waals surface area contributed by atoms with Crippen molar-refractivity contribution in [1.82, 2.24) is 9.80 Å². The van der Waals surface area contributed by atoms with Crippen LogP contribution in [0.3, 0.4) is 0 Å². The normalized spacial score (nSPS) is 15.0. The highest BCUT2D eigenvalue weighted by Gasteiger charge is 2.27. The second-order valence-corrected chi connectivity index (χ2v) is 7.21. The summed E-state index contributed by atoms with van der Waals surface area (Å²) in [5.41, 5.74) is 1.87. The summed E-state index contributed by atoms with van der Waals surface area (Å²) in [6.07, 6.45) is 3.67. The Labute approximate surface area is 167 Å². The summed E-state index contributed by atoms with van der Waals surface area (Å²) >= 11 is 0. The highest BCUT2D eigenvalue weighted by atomic mass is 16.5. The Bertz CT molecular complexity index is 770. The summed E-state index contributed by atoms with van der Waals surface area (Å²) in [6.45, 7) is 6.72. The van der Waals surface area contributed by atoms with E-state index >= 15 is 0 Å². The summed E-state index contributed by atoms with van der Waals surface area (Å²) in [4.78, 5) is 17.5. The van der Waals surface area contributed by atoms with Gasteiger partial charge >= 0.3 is 6.03 Å². The quantitative estimate of drug-likeness (QED) is 0.726. The predicted octanol–water partition coefficient (Wildman–Crippen LogP) is 4.38. The Hall–Kier alpha value is -2.79. The molecule has 5 heteroatoms. The predicted molar refractivity (Wildman–Crippen MR) is 114 cm³/mol. The molecule has 0 unspecified atom stereocenters. The lowest BCUT2D eigenvalue weighted by Crippen LogP contribution is -2.47. The van der Waals surface area contributed by atoms with Gasteiger partial charge in [0.2, 0.25) is 0 Å². The molecule has 1 heterocycles. The highest BCUT2D eigenvalue weighted by molar-refractivity contribution is 5.89. The number of benzene rings is 2. The first kappa shape index (κ1) is 20.0. The zero-order valence-corrected chi connectivity index (χ0v) is 16.5. The van der Waals surface area contributed by atoms with E-state index in [0.29, 0.717) is 18.9 Å². The molecule has 2 aromatic carbocycles. The van der Waals surface area contributed by atoms with E-state index in [-0.39, 0.29) is 12.1 Å². The average molecular weight is 380 g/mol. The van der Waals surface area contributed by atoms with Crippen molar-refractivity contribution in [3.63, 3.8) is 0 Å². The molecular formula is C23H29N3O2. The molecule has 0 aromatic heterocycles. The van der Waals surface area contributed by atoms with Gasteiger partial charge in [-0.05, 0) is 50.7 Å². The second kappa shape index (κ2) is 9.95. The Morgan fingerprint density at radius 2 is 1.96 bits per heavy atom. The van der Waals surface area contributed by atoms with Crippen LogP contribution >= 0.6 is 0 Å². The summed E-state index contributed by atoms with van der Waals surface area (Å²) in [5.74, 6) is 0.714. The molecule has 5 nitrogen and oxygen atoms in total. The molecule has 0 saturated carbocycles.